The number of fused-ring (bicyclic) bond motifs is 3. The summed E-state index contributed by atoms with van der Waals surface area (Å²) >= 11 is 0. The number of hydrogen-bond acceptors (Lipinski definition) is 4. The topological polar surface area (TPSA) is 59.7 Å². The number of nitrogens with zero attached hydrogens (tertiary/aromatic N) is 4. The lowest BCUT2D eigenvalue weighted by molar-refractivity contribution is -0.181. The first-order valence-corrected chi connectivity index (χ1v) is 9.73. The van der Waals surface area contributed by atoms with Gasteiger partial charge in [-0.05, 0) is 27.7 Å². The third kappa shape index (κ3) is 5.90. The highest BCUT2D eigenvalue weighted by Crippen LogP contribution is 2.49. The van der Waals surface area contributed by atoms with Crippen LogP contribution < -0.4 is 4.90 Å². The number of alkyl halides is 5. The number of rotatable bonds is 3. The molecule has 0 N–H and O–H groups in total. The highest BCUT2D eigenvalue weighted by atomic mass is 19.4. The summed E-state index contributed by atoms with van der Waals surface area (Å²) < 4.78 is 71.5. The average Bonchev–Trinajstić information content (AvgIpc) is 3.20. The van der Waals surface area contributed by atoms with Crippen LogP contribution in [0, 0.1) is 0 Å². The Morgan fingerprint density at radius 2 is 1.81 bits per heavy atom. The molecule has 0 spiro atoms. The molecule has 2 aromatic heterocycles. The maximum absolute atomic E-state index is 13.6. The van der Waals surface area contributed by atoms with Crippen LogP contribution in [0.4, 0.5) is 27.6 Å². The van der Waals surface area contributed by atoms with Crippen LogP contribution in [0.3, 0.4) is 0 Å². The molecule has 0 aliphatic carbocycles. The number of carbonyl (C=O) groups is 1. The Labute approximate surface area is 178 Å². The summed E-state index contributed by atoms with van der Waals surface area (Å²) in [6, 6.07) is 1.22. The van der Waals surface area contributed by atoms with Crippen molar-refractivity contribution in [2.24, 2.45) is 0 Å². The largest absolute Gasteiger partial charge is 0.401 e. The number of aromatic nitrogens is 3. The summed E-state index contributed by atoms with van der Waals surface area (Å²) in [4.78, 5) is 15.9. The van der Waals surface area contributed by atoms with Crippen LogP contribution in [0.15, 0.2) is 12.3 Å². The molecule has 0 bridgehead atoms. The minimum Gasteiger partial charge on any atom is -0.379 e. The summed E-state index contributed by atoms with van der Waals surface area (Å²) in [5.41, 5.74) is -2.65. The second kappa shape index (κ2) is 9.88. The molecule has 0 saturated heterocycles. The fourth-order valence-electron chi connectivity index (χ4n) is 2.78. The molecule has 0 saturated carbocycles. The van der Waals surface area contributed by atoms with Gasteiger partial charge in [-0.3, -0.25) is 4.79 Å². The quantitative estimate of drug-likeness (QED) is 0.496. The van der Waals surface area contributed by atoms with Crippen molar-refractivity contribution in [3.63, 3.8) is 0 Å². The van der Waals surface area contributed by atoms with E-state index >= 15 is 0 Å². The molecule has 3 heterocycles. The maximum atomic E-state index is 13.6. The lowest BCUT2D eigenvalue weighted by Gasteiger charge is -2.27. The van der Waals surface area contributed by atoms with Crippen molar-refractivity contribution in [3.8, 4) is 0 Å². The number of halogens is 5. The monoisotopic (exact) mass is 452 g/mol. The maximum Gasteiger partial charge on any atom is 0.401 e. The van der Waals surface area contributed by atoms with E-state index in [-0.39, 0.29) is 34.7 Å². The molecule has 1 aliphatic rings. The zero-order chi connectivity index (χ0) is 24.2. The van der Waals surface area contributed by atoms with Gasteiger partial charge < -0.3 is 9.64 Å². The van der Waals surface area contributed by atoms with E-state index in [4.69, 9.17) is 4.74 Å². The zero-order valence-corrected chi connectivity index (χ0v) is 18.7. The predicted molar refractivity (Wildman–Crippen MR) is 108 cm³/mol. The Hall–Kier alpha value is -2.30. The molecule has 6 nitrogen and oxygen atoms in total. The molecule has 2 aromatic rings. The Bertz CT molecular complexity index is 877. The summed E-state index contributed by atoms with van der Waals surface area (Å²) in [7, 11) is 1.71. The third-order valence-corrected chi connectivity index (χ3v) is 4.56. The van der Waals surface area contributed by atoms with Gasteiger partial charge in [0.1, 0.15) is 5.41 Å². The minimum atomic E-state index is -4.65. The molecule has 1 amide bonds. The molecule has 1 atom stereocenters. The highest BCUT2D eigenvalue weighted by Gasteiger charge is 2.59. The Balaban J connectivity index is 0.000000521. The van der Waals surface area contributed by atoms with Crippen LogP contribution in [-0.4, -0.2) is 52.9 Å². The molecular formula is C20H29F5N4O2. The Morgan fingerprint density at radius 1 is 1.26 bits per heavy atom. The van der Waals surface area contributed by atoms with E-state index in [1.54, 1.807) is 7.11 Å². The van der Waals surface area contributed by atoms with E-state index in [1.807, 2.05) is 34.6 Å². The van der Waals surface area contributed by atoms with Crippen molar-refractivity contribution in [3.05, 3.63) is 23.7 Å². The van der Waals surface area contributed by atoms with Crippen molar-refractivity contribution in [2.75, 3.05) is 18.6 Å². The molecule has 1 aliphatic heterocycles. The summed E-state index contributed by atoms with van der Waals surface area (Å²) in [6.07, 6.45) is -6.59. The standard InChI is InChI=1S/C13H11F5N4O.C5H12O.C2H6/c1-12(13(16,17)18)5-21(6-23)8-4-19-10-3-7(2-9(14)15)20-22(10)11(8)12;1-5(2,3)6-4;1-2/h3-4,6,9H,2,5H2,1H3;1-4H3;1-2H3. The number of carbonyl (C=O) groups excluding carboxylic acids is 1. The molecule has 0 fully saturated rings. The highest BCUT2D eigenvalue weighted by molar-refractivity contribution is 5.81. The molecule has 3 rings (SSSR count). The second-order valence-electron chi connectivity index (χ2n) is 7.87. The van der Waals surface area contributed by atoms with Crippen LogP contribution in [-0.2, 0) is 21.4 Å². The lowest BCUT2D eigenvalue weighted by Crippen LogP contribution is -2.44. The summed E-state index contributed by atoms with van der Waals surface area (Å²) in [5, 5.41) is 3.83. The first-order valence-electron chi connectivity index (χ1n) is 9.73. The molecule has 1 unspecified atom stereocenters. The van der Waals surface area contributed by atoms with Crippen molar-refractivity contribution in [1.29, 1.82) is 0 Å². The van der Waals surface area contributed by atoms with E-state index in [1.165, 1.54) is 6.07 Å². The van der Waals surface area contributed by atoms with E-state index < -0.39 is 31.0 Å². The van der Waals surface area contributed by atoms with Crippen molar-refractivity contribution in [1.82, 2.24) is 14.6 Å². The number of methoxy groups -OCH3 is 1. The van der Waals surface area contributed by atoms with Gasteiger partial charge >= 0.3 is 6.18 Å². The average molecular weight is 452 g/mol. The van der Waals surface area contributed by atoms with Gasteiger partial charge in [0.15, 0.2) is 5.65 Å². The molecule has 0 radical (unpaired) electrons. The first kappa shape index (κ1) is 26.7. The van der Waals surface area contributed by atoms with Gasteiger partial charge in [0.2, 0.25) is 12.8 Å². The van der Waals surface area contributed by atoms with Crippen LogP contribution in [0.25, 0.3) is 5.65 Å². The second-order valence-corrected chi connectivity index (χ2v) is 7.87. The van der Waals surface area contributed by atoms with Crippen molar-refractivity contribution >= 4 is 17.7 Å². The number of anilines is 1. The third-order valence-electron chi connectivity index (χ3n) is 4.56. The van der Waals surface area contributed by atoms with Crippen LogP contribution in [0.2, 0.25) is 0 Å². The van der Waals surface area contributed by atoms with Gasteiger partial charge in [-0.15, -0.1) is 0 Å². The Kier molecular flexibility index (Phi) is 8.52. The summed E-state index contributed by atoms with van der Waals surface area (Å²) in [5.74, 6) is 0. The Morgan fingerprint density at radius 3 is 2.23 bits per heavy atom. The molecule has 0 aromatic carbocycles. The van der Waals surface area contributed by atoms with Crippen molar-refractivity contribution < 1.29 is 31.5 Å². The predicted octanol–water partition coefficient (Wildman–Crippen LogP) is 4.79. The van der Waals surface area contributed by atoms with Gasteiger partial charge in [-0.25, -0.2) is 18.3 Å². The fraction of sp³-hybridized carbons (Fsp3) is 0.650. The van der Waals surface area contributed by atoms with E-state index in [0.29, 0.717) is 0 Å². The lowest BCUT2D eigenvalue weighted by atomic mass is 9.88. The normalized spacial score (nSPS) is 18.3. The molecule has 11 heteroatoms. The molecular weight excluding hydrogens is 423 g/mol. The van der Waals surface area contributed by atoms with Gasteiger partial charge in [-0.1, -0.05) is 13.8 Å². The summed E-state index contributed by atoms with van der Waals surface area (Å²) in [6.45, 7) is 10.4. The first-order chi connectivity index (χ1) is 14.2. The van der Waals surface area contributed by atoms with Crippen LogP contribution in [0.5, 0.6) is 0 Å². The van der Waals surface area contributed by atoms with Gasteiger partial charge in [0.25, 0.3) is 0 Å². The zero-order valence-electron chi connectivity index (χ0n) is 18.7. The van der Waals surface area contributed by atoms with Crippen LogP contribution in [0.1, 0.15) is 52.9 Å². The minimum absolute atomic E-state index is 0.0287. The molecule has 31 heavy (non-hydrogen) atoms. The fourth-order valence-corrected chi connectivity index (χ4v) is 2.78. The van der Waals surface area contributed by atoms with E-state index in [2.05, 4.69) is 10.1 Å². The van der Waals surface area contributed by atoms with Crippen LogP contribution >= 0.6 is 0 Å². The number of amides is 1. The van der Waals surface area contributed by atoms with E-state index in [0.717, 1.165) is 22.5 Å². The number of hydrogen-bond donors (Lipinski definition) is 0. The van der Waals surface area contributed by atoms with E-state index in [9.17, 15) is 26.7 Å². The number of ether oxygens (including phenoxy) is 1. The van der Waals surface area contributed by atoms with Gasteiger partial charge in [0, 0.05) is 19.7 Å². The van der Waals surface area contributed by atoms with Gasteiger partial charge in [0.05, 0.1) is 35.3 Å². The van der Waals surface area contributed by atoms with Crippen molar-refractivity contribution in [2.45, 2.75) is 71.6 Å². The van der Waals surface area contributed by atoms with Gasteiger partial charge in [-0.2, -0.15) is 18.3 Å². The SMILES string of the molecule is CC.CC1(C(F)(F)F)CN(C=O)c2cnc3cc(CC(F)F)nn3c21.COC(C)(C)C. The molecule has 176 valence electrons. The smallest absolute Gasteiger partial charge is 0.379 e.